The second-order valence-corrected chi connectivity index (χ2v) is 5.04. The summed E-state index contributed by atoms with van der Waals surface area (Å²) >= 11 is 0. The number of allylic oxidation sites excluding steroid dienone is 4. The third kappa shape index (κ3) is 3.06. The van der Waals surface area contributed by atoms with Gasteiger partial charge in [-0.2, -0.15) is 26.3 Å². The molecule has 0 saturated carbocycles. The lowest BCUT2D eigenvalue weighted by Crippen LogP contribution is -2.11. The molecule has 0 nitrogen and oxygen atoms in total. The van der Waals surface area contributed by atoms with E-state index < -0.39 is 23.5 Å². The van der Waals surface area contributed by atoms with Crippen LogP contribution in [0.2, 0.25) is 0 Å². The van der Waals surface area contributed by atoms with E-state index in [2.05, 4.69) is 9.24 Å². The maximum absolute atomic E-state index is 12.7. The van der Waals surface area contributed by atoms with Crippen molar-refractivity contribution in [1.82, 2.24) is 0 Å². The molecule has 0 N–H and O–H groups in total. The summed E-state index contributed by atoms with van der Waals surface area (Å²) in [5.41, 5.74) is -2.29. The molecule has 0 radical (unpaired) electrons. The predicted molar refractivity (Wildman–Crippen MR) is 66.8 cm³/mol. The van der Waals surface area contributed by atoms with E-state index in [1.165, 1.54) is 6.08 Å². The molecule has 0 aromatic heterocycles. The Hall–Kier alpha value is -1.29. The van der Waals surface area contributed by atoms with Gasteiger partial charge >= 0.3 is 12.4 Å². The minimum Gasteiger partial charge on any atom is -0.166 e. The molecular weight excluding hydrogens is 301 g/mol. The molecule has 0 amide bonds. The average molecular weight is 310 g/mol. The molecule has 0 bridgehead atoms. The van der Waals surface area contributed by atoms with E-state index in [1.807, 2.05) is 0 Å². The number of halogens is 6. The summed E-state index contributed by atoms with van der Waals surface area (Å²) < 4.78 is 76.3. The Bertz CT molecular complexity index is 560. The number of rotatable bonds is 1. The van der Waals surface area contributed by atoms with E-state index in [-0.39, 0.29) is 11.6 Å². The Morgan fingerprint density at radius 2 is 1.35 bits per heavy atom. The lowest BCUT2D eigenvalue weighted by atomic mass is 9.99. The van der Waals surface area contributed by atoms with Gasteiger partial charge in [-0.3, -0.25) is 0 Å². The van der Waals surface area contributed by atoms with Gasteiger partial charge in [-0.1, -0.05) is 12.2 Å². The highest BCUT2D eigenvalue weighted by molar-refractivity contribution is 7.23. The third-order valence-corrected chi connectivity index (χ3v) is 3.41. The summed E-state index contributed by atoms with van der Waals surface area (Å²) in [5.74, 6) is 0. The van der Waals surface area contributed by atoms with Crippen LogP contribution in [0.15, 0.2) is 35.7 Å². The van der Waals surface area contributed by atoms with E-state index in [0.29, 0.717) is 17.3 Å². The minimum absolute atomic E-state index is 0.0779. The third-order valence-electron chi connectivity index (χ3n) is 2.87. The Morgan fingerprint density at radius 3 is 1.70 bits per heavy atom. The molecule has 1 aromatic rings. The van der Waals surface area contributed by atoms with Gasteiger partial charge < -0.3 is 0 Å². The lowest BCUT2D eigenvalue weighted by molar-refractivity contribution is -0.143. The van der Waals surface area contributed by atoms with Crippen LogP contribution in [0.1, 0.15) is 23.1 Å². The van der Waals surface area contributed by atoms with E-state index >= 15 is 0 Å². The van der Waals surface area contributed by atoms with Crippen LogP contribution in [-0.4, -0.2) is 0 Å². The van der Waals surface area contributed by atoms with Crippen molar-refractivity contribution in [3.05, 3.63) is 52.4 Å². The average Bonchev–Trinajstić information content (AvgIpc) is 2.72. The fraction of sp³-hybridized carbons (Fsp3) is 0.231. The summed E-state index contributed by atoms with van der Waals surface area (Å²) in [6, 6.07) is 1.61. The maximum Gasteiger partial charge on any atom is 0.416 e. The van der Waals surface area contributed by atoms with Crippen molar-refractivity contribution in [3.63, 3.8) is 0 Å². The smallest absolute Gasteiger partial charge is 0.166 e. The van der Waals surface area contributed by atoms with E-state index in [9.17, 15) is 26.3 Å². The Kier molecular flexibility index (Phi) is 3.71. The first kappa shape index (κ1) is 15.1. The van der Waals surface area contributed by atoms with Crippen molar-refractivity contribution < 1.29 is 26.3 Å². The van der Waals surface area contributed by atoms with Crippen molar-refractivity contribution in [2.45, 2.75) is 18.8 Å². The van der Waals surface area contributed by atoms with Crippen LogP contribution in [0.5, 0.6) is 0 Å². The van der Waals surface area contributed by atoms with Crippen molar-refractivity contribution in [1.29, 1.82) is 0 Å². The normalized spacial score (nSPS) is 16.1. The molecule has 1 atom stereocenters. The van der Waals surface area contributed by atoms with E-state index in [0.717, 1.165) is 12.1 Å². The van der Waals surface area contributed by atoms with Gasteiger partial charge in [0.05, 0.1) is 11.1 Å². The van der Waals surface area contributed by atoms with Gasteiger partial charge in [0.2, 0.25) is 0 Å². The first-order chi connectivity index (χ1) is 9.09. The quantitative estimate of drug-likeness (QED) is 0.489. The zero-order chi connectivity index (χ0) is 15.1. The topological polar surface area (TPSA) is 0 Å². The van der Waals surface area contributed by atoms with Crippen LogP contribution in [-0.2, 0) is 12.4 Å². The van der Waals surface area contributed by atoms with Crippen LogP contribution >= 0.6 is 9.24 Å². The molecule has 2 rings (SSSR count). The summed E-state index contributed by atoms with van der Waals surface area (Å²) in [4.78, 5) is 0. The summed E-state index contributed by atoms with van der Waals surface area (Å²) in [6.07, 6.45) is -5.93. The number of hydrogen-bond acceptors (Lipinski definition) is 0. The van der Waals surface area contributed by atoms with Gasteiger partial charge in [0.15, 0.2) is 0 Å². The maximum atomic E-state index is 12.7. The van der Waals surface area contributed by atoms with E-state index in [4.69, 9.17) is 0 Å². The molecule has 0 spiro atoms. The van der Waals surface area contributed by atoms with Crippen molar-refractivity contribution in [2.24, 2.45) is 0 Å². The van der Waals surface area contributed by atoms with Crippen molar-refractivity contribution in [2.75, 3.05) is 0 Å². The highest BCUT2D eigenvalue weighted by Gasteiger charge is 2.37. The zero-order valence-corrected chi connectivity index (χ0v) is 11.1. The van der Waals surface area contributed by atoms with Gasteiger partial charge in [-0.05, 0) is 41.1 Å². The van der Waals surface area contributed by atoms with Crippen molar-refractivity contribution in [3.8, 4) is 0 Å². The van der Waals surface area contributed by atoms with Gasteiger partial charge in [-0.25, -0.2) is 0 Å². The standard InChI is InChI=1S/C13H9F6P/c14-12(15,16)8-4-7(10-2-1-3-11(10)20)5-9(6-8)13(17,18)19/h1-2,4-6H,3,20H2. The largest absolute Gasteiger partial charge is 0.416 e. The highest BCUT2D eigenvalue weighted by Crippen LogP contribution is 2.40. The summed E-state index contributed by atoms with van der Waals surface area (Å²) in [5, 5.41) is 0.664. The fourth-order valence-electron chi connectivity index (χ4n) is 1.91. The number of alkyl halides is 6. The molecule has 1 aliphatic carbocycles. The van der Waals surface area contributed by atoms with E-state index in [1.54, 1.807) is 6.08 Å². The molecular formula is C13H9F6P. The number of benzene rings is 1. The summed E-state index contributed by atoms with van der Waals surface area (Å²) in [7, 11) is 2.33. The lowest BCUT2D eigenvalue weighted by Gasteiger charge is -2.14. The van der Waals surface area contributed by atoms with Crippen LogP contribution < -0.4 is 0 Å². The van der Waals surface area contributed by atoms with Crippen LogP contribution in [0.25, 0.3) is 5.57 Å². The zero-order valence-electron chi connectivity index (χ0n) is 9.94. The molecule has 1 aromatic carbocycles. The SMILES string of the molecule is FC(F)(F)c1cc(C2=C(P)CC=C2)cc(C(F)(F)F)c1. The number of hydrogen-bond donors (Lipinski definition) is 0. The molecule has 7 heteroatoms. The molecule has 0 saturated heterocycles. The van der Waals surface area contributed by atoms with Crippen LogP contribution in [0, 0.1) is 0 Å². The second-order valence-electron chi connectivity index (χ2n) is 4.34. The second kappa shape index (κ2) is 4.92. The predicted octanol–water partition coefficient (Wildman–Crippen LogP) is 5.27. The van der Waals surface area contributed by atoms with Gasteiger partial charge in [0.1, 0.15) is 0 Å². The highest BCUT2D eigenvalue weighted by atomic mass is 31.0. The van der Waals surface area contributed by atoms with Crippen LogP contribution in [0.3, 0.4) is 0 Å². The molecule has 1 unspecified atom stereocenters. The molecule has 0 aliphatic heterocycles. The summed E-state index contributed by atoms with van der Waals surface area (Å²) in [6.45, 7) is 0. The van der Waals surface area contributed by atoms with Crippen molar-refractivity contribution >= 4 is 14.8 Å². The Morgan fingerprint density at radius 1 is 0.850 bits per heavy atom. The van der Waals surface area contributed by atoms with Gasteiger partial charge in [0, 0.05) is 0 Å². The molecule has 0 fully saturated rings. The first-order valence-corrected chi connectivity index (χ1v) is 6.12. The van der Waals surface area contributed by atoms with Gasteiger partial charge in [-0.15, -0.1) is 9.24 Å². The minimum atomic E-state index is -4.82. The molecule has 20 heavy (non-hydrogen) atoms. The van der Waals surface area contributed by atoms with Gasteiger partial charge in [0.25, 0.3) is 0 Å². The first-order valence-electron chi connectivity index (χ1n) is 5.54. The Balaban J connectivity index is 2.64. The molecule has 0 heterocycles. The van der Waals surface area contributed by atoms with Crippen LogP contribution in [0.4, 0.5) is 26.3 Å². The fourth-order valence-corrected chi connectivity index (χ4v) is 2.31. The molecule has 1 aliphatic rings. The Labute approximate surface area is 113 Å². The molecule has 108 valence electrons. The monoisotopic (exact) mass is 310 g/mol.